The largest absolute Gasteiger partial charge is 0.735 e. The number of likely N-dealkylation sites (tertiary alicyclic amines) is 1. The molecular weight excluding hydrogens is 440 g/mol. The zero-order valence-corrected chi connectivity index (χ0v) is 16.6. The average Bonchev–Trinajstić information content (AvgIpc) is 2.55. The summed E-state index contributed by atoms with van der Waals surface area (Å²) in [4.78, 5) is 12.6. The number of β-amino-alcohol motifs (C(OH)–C–C–N with tert-alkyl or cyclic N) is 1. The zero-order chi connectivity index (χ0) is 22.0. The molecular formula is C13H21N2O12S2-3. The first kappa shape index (κ1) is 24.3. The van der Waals surface area contributed by atoms with E-state index in [9.17, 15) is 46.1 Å². The fraction of sp³-hybridized carbons (Fsp3) is 0.923. The molecule has 2 aliphatic rings. The van der Waals surface area contributed by atoms with Crippen molar-refractivity contribution in [1.82, 2.24) is 9.62 Å². The van der Waals surface area contributed by atoms with Crippen LogP contribution in [0.15, 0.2) is 0 Å². The van der Waals surface area contributed by atoms with E-state index >= 15 is 0 Å². The number of piperidine rings is 1. The van der Waals surface area contributed by atoms with Crippen molar-refractivity contribution in [2.45, 2.75) is 30.8 Å². The van der Waals surface area contributed by atoms with E-state index < -0.39 is 76.1 Å². The van der Waals surface area contributed by atoms with Gasteiger partial charge in [-0.05, 0) is 6.42 Å². The minimum atomic E-state index is -5.08. The maximum absolute atomic E-state index is 11.1. The number of carboxylic acids is 1. The Morgan fingerprint density at radius 2 is 1.86 bits per heavy atom. The van der Waals surface area contributed by atoms with Gasteiger partial charge in [0.15, 0.2) is 10.3 Å². The van der Waals surface area contributed by atoms with E-state index in [4.69, 9.17) is 4.74 Å². The molecule has 0 aromatic heterocycles. The molecule has 170 valence electrons. The van der Waals surface area contributed by atoms with Crippen LogP contribution in [0.4, 0.5) is 0 Å². The lowest BCUT2D eigenvalue weighted by molar-refractivity contribution is -0.313. The third-order valence-corrected chi connectivity index (χ3v) is 5.81. The van der Waals surface area contributed by atoms with Crippen LogP contribution in [0.3, 0.4) is 0 Å². The van der Waals surface area contributed by atoms with E-state index in [0.717, 1.165) is 0 Å². The summed E-state index contributed by atoms with van der Waals surface area (Å²) in [5, 5.41) is 31.5. The van der Waals surface area contributed by atoms with Crippen molar-refractivity contribution >= 4 is 26.7 Å². The quantitative estimate of drug-likeness (QED) is 0.227. The van der Waals surface area contributed by atoms with Gasteiger partial charge in [-0.3, -0.25) is 9.08 Å². The van der Waals surface area contributed by atoms with Gasteiger partial charge in [0, 0.05) is 37.4 Å². The van der Waals surface area contributed by atoms with Crippen molar-refractivity contribution in [3.05, 3.63) is 0 Å². The Kier molecular flexibility index (Phi) is 7.93. The van der Waals surface area contributed by atoms with Gasteiger partial charge < -0.3 is 34.0 Å². The number of aliphatic hydroxyl groups excluding tert-OH is 2. The molecule has 0 saturated carbocycles. The highest BCUT2D eigenvalue weighted by Gasteiger charge is 2.42. The Morgan fingerprint density at radius 3 is 2.41 bits per heavy atom. The Bertz CT molecular complexity index is 786. The number of nitrogens with zero attached hydrogens (tertiary/aromatic N) is 1. The third-order valence-electron chi connectivity index (χ3n) is 4.80. The Labute approximate surface area is 167 Å². The van der Waals surface area contributed by atoms with E-state index in [0.29, 0.717) is 0 Å². The summed E-state index contributed by atoms with van der Waals surface area (Å²) in [7, 11) is -10.0. The van der Waals surface area contributed by atoms with Gasteiger partial charge in [-0.25, -0.2) is 21.6 Å². The summed E-state index contributed by atoms with van der Waals surface area (Å²) >= 11 is 0. The van der Waals surface area contributed by atoms with Crippen LogP contribution in [0.25, 0.3) is 0 Å². The molecule has 2 fully saturated rings. The fourth-order valence-electron chi connectivity index (χ4n) is 3.58. The van der Waals surface area contributed by atoms with Crippen molar-refractivity contribution in [2.24, 2.45) is 11.8 Å². The van der Waals surface area contributed by atoms with Gasteiger partial charge in [0.1, 0.15) is 0 Å². The van der Waals surface area contributed by atoms with Crippen molar-refractivity contribution in [3.8, 4) is 0 Å². The van der Waals surface area contributed by atoms with Crippen LogP contribution in [0, 0.1) is 11.8 Å². The Morgan fingerprint density at radius 1 is 1.21 bits per heavy atom. The fourth-order valence-corrected chi connectivity index (χ4v) is 4.46. The van der Waals surface area contributed by atoms with Gasteiger partial charge in [-0.1, -0.05) is 0 Å². The summed E-state index contributed by atoms with van der Waals surface area (Å²) in [5.41, 5.74) is 0. The topological polar surface area (TPSA) is 229 Å². The number of nitrogens with one attached hydrogen (secondary N) is 1. The Balaban J connectivity index is 2.17. The highest BCUT2D eigenvalue weighted by atomic mass is 32.3. The minimum Gasteiger partial charge on any atom is -0.735 e. The van der Waals surface area contributed by atoms with Crippen LogP contribution >= 0.6 is 0 Å². The van der Waals surface area contributed by atoms with Gasteiger partial charge in [0.25, 0.3) is 0 Å². The lowest BCUT2D eigenvalue weighted by Gasteiger charge is -2.44. The normalized spacial score (nSPS) is 34.8. The minimum absolute atomic E-state index is 0.0123. The molecule has 6 atom stereocenters. The molecule has 29 heavy (non-hydrogen) atoms. The first-order chi connectivity index (χ1) is 13.2. The average molecular weight is 461 g/mol. The molecule has 3 N–H and O–H groups in total. The first-order valence-electron chi connectivity index (χ1n) is 8.49. The second-order valence-electron chi connectivity index (χ2n) is 7.02. The Hall–Kier alpha value is -0.950. The van der Waals surface area contributed by atoms with Crippen LogP contribution in [0.5, 0.6) is 0 Å². The maximum atomic E-state index is 11.1. The van der Waals surface area contributed by atoms with E-state index in [2.05, 4.69) is 4.18 Å². The monoisotopic (exact) mass is 461 g/mol. The molecule has 0 bridgehead atoms. The van der Waals surface area contributed by atoms with Crippen molar-refractivity contribution in [1.29, 1.82) is 0 Å². The predicted molar refractivity (Wildman–Crippen MR) is 87.1 cm³/mol. The zero-order valence-electron chi connectivity index (χ0n) is 14.9. The van der Waals surface area contributed by atoms with Gasteiger partial charge in [0.05, 0.1) is 37.6 Å². The summed E-state index contributed by atoms with van der Waals surface area (Å²) in [6, 6.07) is -1.37. The predicted octanol–water partition coefficient (Wildman–Crippen LogP) is -5.31. The van der Waals surface area contributed by atoms with Crippen LogP contribution in [-0.4, -0.2) is 104 Å². The molecule has 0 radical (unpaired) electrons. The van der Waals surface area contributed by atoms with Crippen LogP contribution in [0.2, 0.25) is 0 Å². The molecule has 2 aliphatic heterocycles. The highest BCUT2D eigenvalue weighted by Crippen LogP contribution is 2.26. The number of carboxylic acid groups (broad SMARTS) is 1. The molecule has 0 aromatic carbocycles. The SMILES string of the molecule is O=C([O-])C1C[C@H](O)CN(C[C@H]2C(COS(=O)(=O)[O-])OCC(NS(=O)(=O)[O-])[C@H]2O)C1. The second kappa shape index (κ2) is 9.46. The van der Waals surface area contributed by atoms with Gasteiger partial charge in [-0.2, -0.15) is 0 Å². The van der Waals surface area contributed by atoms with Gasteiger partial charge in [-0.15, -0.1) is 0 Å². The van der Waals surface area contributed by atoms with Gasteiger partial charge in [0.2, 0.25) is 10.4 Å². The molecule has 0 aliphatic carbocycles. The number of carbonyl (C=O) groups excluding carboxylic acids is 1. The number of rotatable bonds is 8. The standard InChI is InChI=1S/C13H24N2O12S2/c16-8-1-7(13(18)19)2-15(3-8)4-9-11(6-27-29(23,24)25)26-5-10(12(9)17)14-28(20,21)22/h7-12,14,16-17H,1-6H2,(H,18,19)(H,20,21,22)(H,23,24,25)/p-3/t7?,8-,9-,10?,11?,12-/m0/s1. The van der Waals surface area contributed by atoms with Crippen molar-refractivity contribution in [2.75, 3.05) is 32.8 Å². The lowest BCUT2D eigenvalue weighted by atomic mass is 9.87. The summed E-state index contributed by atoms with van der Waals surface area (Å²) in [6.45, 7) is -1.51. The number of hydrogen-bond acceptors (Lipinski definition) is 13. The molecule has 16 heteroatoms. The lowest BCUT2D eigenvalue weighted by Crippen LogP contribution is -2.61. The number of ether oxygens (including phenoxy) is 1. The van der Waals surface area contributed by atoms with Crippen LogP contribution in [0.1, 0.15) is 6.42 Å². The van der Waals surface area contributed by atoms with E-state index in [1.165, 1.54) is 4.90 Å². The molecule has 2 saturated heterocycles. The molecule has 14 nitrogen and oxygen atoms in total. The van der Waals surface area contributed by atoms with Crippen LogP contribution in [-0.2, 0) is 34.4 Å². The van der Waals surface area contributed by atoms with Crippen LogP contribution < -0.4 is 9.83 Å². The van der Waals surface area contributed by atoms with Crippen molar-refractivity contribution in [3.63, 3.8) is 0 Å². The highest BCUT2D eigenvalue weighted by molar-refractivity contribution is 7.83. The van der Waals surface area contributed by atoms with E-state index in [-0.39, 0.29) is 26.1 Å². The molecule has 3 unspecified atom stereocenters. The van der Waals surface area contributed by atoms with E-state index in [1.807, 2.05) is 0 Å². The molecule has 2 rings (SSSR count). The molecule has 0 amide bonds. The summed E-state index contributed by atoms with van der Waals surface area (Å²) < 4.78 is 76.1. The maximum Gasteiger partial charge on any atom is 0.217 e. The molecule has 2 heterocycles. The smallest absolute Gasteiger partial charge is 0.217 e. The summed E-state index contributed by atoms with van der Waals surface area (Å²) in [5.74, 6) is -3.48. The molecule has 0 spiro atoms. The van der Waals surface area contributed by atoms with Gasteiger partial charge >= 0.3 is 0 Å². The van der Waals surface area contributed by atoms with E-state index in [1.54, 1.807) is 4.72 Å². The van der Waals surface area contributed by atoms with Crippen molar-refractivity contribution < 1.29 is 55.0 Å². The first-order valence-corrected chi connectivity index (χ1v) is 11.2. The number of carbonyl (C=O) groups is 1. The summed E-state index contributed by atoms with van der Waals surface area (Å²) in [6.07, 6.45) is -3.80. The number of hydrogen-bond donors (Lipinski definition) is 3. The number of aliphatic carboxylic acids is 1. The number of aliphatic hydroxyl groups is 2. The second-order valence-corrected chi connectivity index (χ2v) is 9.22. The molecule has 0 aromatic rings. The third kappa shape index (κ3) is 7.67.